The lowest BCUT2D eigenvalue weighted by Crippen LogP contribution is -2.37. The first kappa shape index (κ1) is 26.0. The van der Waals surface area contributed by atoms with Crippen molar-refractivity contribution >= 4 is 29.0 Å². The van der Waals surface area contributed by atoms with Crippen molar-refractivity contribution in [3.8, 4) is 5.75 Å². The van der Waals surface area contributed by atoms with Gasteiger partial charge in [-0.3, -0.25) is 4.79 Å². The van der Waals surface area contributed by atoms with E-state index in [4.69, 9.17) is 4.74 Å². The van der Waals surface area contributed by atoms with Crippen LogP contribution in [0.1, 0.15) is 49.1 Å². The molecule has 0 spiro atoms. The summed E-state index contributed by atoms with van der Waals surface area (Å²) in [5, 5.41) is 4.28. The van der Waals surface area contributed by atoms with E-state index in [1.807, 2.05) is 0 Å². The van der Waals surface area contributed by atoms with E-state index in [1.54, 1.807) is 7.11 Å². The highest BCUT2D eigenvalue weighted by atomic mass is 31.2. The number of aryl methyl sites for hydroxylation is 1. The number of benzene rings is 4. The van der Waals surface area contributed by atoms with Crippen LogP contribution < -0.4 is 20.7 Å². The number of hydrogen-bond donors (Lipinski definition) is 0. The molecule has 4 aromatic rings. The van der Waals surface area contributed by atoms with Gasteiger partial charge in [-0.2, -0.15) is 0 Å². The Morgan fingerprint density at radius 2 is 1.33 bits per heavy atom. The predicted octanol–water partition coefficient (Wildman–Crippen LogP) is 7.09. The summed E-state index contributed by atoms with van der Waals surface area (Å²) in [5.41, 5.74) is 2.88. The van der Waals surface area contributed by atoms with E-state index < -0.39 is 7.26 Å². The zero-order valence-corrected chi connectivity index (χ0v) is 23.7. The van der Waals surface area contributed by atoms with Gasteiger partial charge in [0.1, 0.15) is 34.7 Å². The molecule has 0 heterocycles. The van der Waals surface area contributed by atoms with Gasteiger partial charge in [0, 0.05) is 12.3 Å². The van der Waals surface area contributed by atoms with Gasteiger partial charge in [0.2, 0.25) is 0 Å². The second kappa shape index (κ2) is 11.5. The van der Waals surface area contributed by atoms with Crippen LogP contribution in [-0.4, -0.2) is 19.1 Å². The van der Waals surface area contributed by atoms with Crippen molar-refractivity contribution in [2.24, 2.45) is 11.8 Å². The lowest BCUT2D eigenvalue weighted by atomic mass is 9.62. The van der Waals surface area contributed by atoms with E-state index in [9.17, 15) is 4.79 Å². The van der Waals surface area contributed by atoms with Crippen molar-refractivity contribution < 1.29 is 9.53 Å². The van der Waals surface area contributed by atoms with Crippen LogP contribution in [0, 0.1) is 11.8 Å². The molecule has 0 bridgehead atoms. The molecule has 0 N–H and O–H groups in total. The van der Waals surface area contributed by atoms with Gasteiger partial charge in [-0.25, -0.2) is 0 Å². The Bertz CT molecular complexity index is 1300. The summed E-state index contributed by atoms with van der Waals surface area (Å²) in [6, 6.07) is 40.0. The molecule has 0 amide bonds. The van der Waals surface area contributed by atoms with Gasteiger partial charge in [0.25, 0.3) is 0 Å². The van der Waals surface area contributed by atoms with E-state index in [-0.39, 0.29) is 5.92 Å². The van der Waals surface area contributed by atoms with Gasteiger partial charge < -0.3 is 4.74 Å². The molecule has 0 saturated heterocycles. The number of methoxy groups -OCH3 is 1. The smallest absolute Gasteiger partial charge is 0.136 e. The van der Waals surface area contributed by atoms with Gasteiger partial charge in [0.15, 0.2) is 0 Å². The number of ketones is 1. The fourth-order valence-electron chi connectivity index (χ4n) is 7.42. The number of carbonyl (C=O) groups is 1. The minimum atomic E-state index is -1.86. The molecule has 3 heteroatoms. The molecule has 2 aliphatic rings. The molecule has 2 aliphatic carbocycles. The molecular weight excluding hydrogens is 495 g/mol. The topological polar surface area (TPSA) is 26.3 Å². The first-order valence-corrected chi connectivity index (χ1v) is 16.4. The first-order chi connectivity index (χ1) is 19.2. The maximum Gasteiger partial charge on any atom is 0.136 e. The van der Waals surface area contributed by atoms with E-state index >= 15 is 0 Å². The molecule has 0 radical (unpaired) electrons. The molecule has 0 aromatic heterocycles. The monoisotopic (exact) mass is 533 g/mol. The van der Waals surface area contributed by atoms with Crippen LogP contribution in [0.2, 0.25) is 0 Å². The van der Waals surface area contributed by atoms with Gasteiger partial charge in [-0.05, 0) is 104 Å². The number of hydrogen-bond acceptors (Lipinski definition) is 2. The molecular formula is C36H38O2P+. The predicted molar refractivity (Wildman–Crippen MR) is 165 cm³/mol. The van der Waals surface area contributed by atoms with Crippen molar-refractivity contribution in [3.05, 3.63) is 120 Å². The molecule has 1 saturated carbocycles. The van der Waals surface area contributed by atoms with Crippen LogP contribution in [0.25, 0.3) is 0 Å². The van der Waals surface area contributed by atoms with Crippen molar-refractivity contribution in [1.82, 2.24) is 0 Å². The molecule has 198 valence electrons. The van der Waals surface area contributed by atoms with E-state index in [0.29, 0.717) is 24.0 Å². The second-order valence-electron chi connectivity index (χ2n) is 11.2. The highest BCUT2D eigenvalue weighted by molar-refractivity contribution is 7.95. The maximum atomic E-state index is 13.4. The molecule has 2 nitrogen and oxygen atoms in total. The third-order valence-electron chi connectivity index (χ3n) is 9.25. The SMILES string of the molecule is COc1ccc2c(c1)CC[C@H]1[C@H](CCC[P+](c3ccccc3)(c3ccccc3)c3ccccc3)C(=O)CC[C@H]21. The summed E-state index contributed by atoms with van der Waals surface area (Å²) in [6.07, 6.45) is 6.99. The molecule has 0 aliphatic heterocycles. The first-order valence-electron chi connectivity index (χ1n) is 14.4. The Labute approximate surface area is 233 Å². The number of Topliss-reactive ketones (excluding diaryl/α,β-unsaturated/α-hetero) is 1. The maximum absolute atomic E-state index is 13.4. The van der Waals surface area contributed by atoms with E-state index in [1.165, 1.54) is 27.0 Å². The molecule has 0 unspecified atom stereocenters. The van der Waals surface area contributed by atoms with Crippen molar-refractivity contribution in [2.75, 3.05) is 13.3 Å². The Morgan fingerprint density at radius 1 is 0.744 bits per heavy atom. The summed E-state index contributed by atoms with van der Waals surface area (Å²) in [7, 11) is -0.123. The Morgan fingerprint density at radius 3 is 1.90 bits per heavy atom. The number of ether oxygens (including phenoxy) is 1. The van der Waals surface area contributed by atoms with Gasteiger partial charge >= 0.3 is 0 Å². The zero-order valence-electron chi connectivity index (χ0n) is 22.8. The van der Waals surface area contributed by atoms with Crippen molar-refractivity contribution in [2.45, 2.75) is 44.4 Å². The summed E-state index contributed by atoms with van der Waals surface area (Å²) >= 11 is 0. The van der Waals surface area contributed by atoms with Crippen LogP contribution in [0.4, 0.5) is 0 Å². The number of rotatable bonds is 8. The van der Waals surface area contributed by atoms with Crippen molar-refractivity contribution in [1.29, 1.82) is 0 Å². The third-order valence-corrected chi connectivity index (χ3v) is 13.8. The molecule has 3 atom stereocenters. The van der Waals surface area contributed by atoms with Crippen LogP contribution in [-0.2, 0) is 11.2 Å². The summed E-state index contributed by atoms with van der Waals surface area (Å²) < 4.78 is 5.50. The quantitative estimate of drug-likeness (QED) is 0.226. The Kier molecular flexibility index (Phi) is 7.67. The minimum Gasteiger partial charge on any atom is -0.497 e. The highest BCUT2D eigenvalue weighted by Gasteiger charge is 2.46. The van der Waals surface area contributed by atoms with Crippen LogP contribution in [0.5, 0.6) is 5.75 Å². The Hall–Kier alpha value is -3.22. The van der Waals surface area contributed by atoms with Crippen molar-refractivity contribution in [3.63, 3.8) is 0 Å². The van der Waals surface area contributed by atoms with Crippen LogP contribution in [0.15, 0.2) is 109 Å². The second-order valence-corrected chi connectivity index (χ2v) is 14.8. The van der Waals surface area contributed by atoms with E-state index in [2.05, 4.69) is 109 Å². The number of fused-ring (bicyclic) bond motifs is 3. The average Bonchev–Trinajstić information content (AvgIpc) is 3.01. The van der Waals surface area contributed by atoms with Crippen LogP contribution in [0.3, 0.4) is 0 Å². The fraction of sp³-hybridized carbons (Fsp3) is 0.306. The third kappa shape index (κ3) is 4.96. The fourth-order valence-corrected chi connectivity index (χ4v) is 11.8. The zero-order chi connectivity index (χ0) is 26.7. The molecule has 4 aromatic carbocycles. The van der Waals surface area contributed by atoms with E-state index in [0.717, 1.165) is 44.0 Å². The lowest BCUT2D eigenvalue weighted by Gasteiger charge is -2.42. The summed E-state index contributed by atoms with van der Waals surface area (Å²) in [4.78, 5) is 13.4. The summed E-state index contributed by atoms with van der Waals surface area (Å²) in [6.45, 7) is 0. The van der Waals surface area contributed by atoms with Gasteiger partial charge in [0.05, 0.1) is 13.3 Å². The molecule has 39 heavy (non-hydrogen) atoms. The average molecular weight is 534 g/mol. The van der Waals surface area contributed by atoms with Crippen LogP contribution >= 0.6 is 7.26 Å². The highest BCUT2D eigenvalue weighted by Crippen LogP contribution is 2.57. The number of carbonyl (C=O) groups excluding carboxylic acids is 1. The standard InChI is InChI=1S/C36H38O2P/c1-38-28-20-22-32-27(26-28)19-21-34-33(32)23-24-36(37)35(34)18-11-25-39(29-12-5-2-6-13-29,30-14-7-3-8-15-30)31-16-9-4-10-17-31/h2-10,12-17,20,22,26,33-35H,11,18-19,21,23-25H2,1H3/q+1/t33-,34-,35+/m1/s1. The molecule has 1 fully saturated rings. The van der Waals surface area contributed by atoms with Gasteiger partial charge in [-0.15, -0.1) is 0 Å². The largest absolute Gasteiger partial charge is 0.497 e. The normalized spacial score (nSPS) is 20.6. The molecule has 6 rings (SSSR count). The van der Waals surface area contributed by atoms with Gasteiger partial charge in [-0.1, -0.05) is 60.7 Å². The lowest BCUT2D eigenvalue weighted by molar-refractivity contribution is -0.127. The minimum absolute atomic E-state index is 0.170. The summed E-state index contributed by atoms with van der Waals surface area (Å²) in [5.74, 6) is 2.57. The Balaban J connectivity index is 1.30.